The number of fused-ring (bicyclic) bond motifs is 1. The van der Waals surface area contributed by atoms with Crippen LogP contribution in [0.2, 0.25) is 0 Å². The number of benzene rings is 2. The van der Waals surface area contributed by atoms with Gasteiger partial charge in [-0.15, -0.1) is 0 Å². The first kappa shape index (κ1) is 27.6. The lowest BCUT2D eigenvalue weighted by molar-refractivity contribution is -0.131. The Balaban J connectivity index is 1.34. The van der Waals surface area contributed by atoms with Crippen molar-refractivity contribution < 1.29 is 23.5 Å². The Morgan fingerprint density at radius 1 is 0.952 bits per heavy atom. The van der Waals surface area contributed by atoms with Gasteiger partial charge >= 0.3 is 0 Å². The highest BCUT2D eigenvalue weighted by Gasteiger charge is 2.42. The third-order valence-corrected chi connectivity index (χ3v) is 8.39. The van der Waals surface area contributed by atoms with Gasteiger partial charge in [-0.2, -0.15) is 0 Å². The lowest BCUT2D eigenvalue weighted by Crippen LogP contribution is -2.53. The van der Waals surface area contributed by atoms with Crippen LogP contribution in [0.3, 0.4) is 0 Å². The van der Waals surface area contributed by atoms with Crippen molar-refractivity contribution in [3.05, 3.63) is 89.5 Å². The molecule has 42 heavy (non-hydrogen) atoms. The van der Waals surface area contributed by atoms with Crippen LogP contribution in [0.1, 0.15) is 48.8 Å². The van der Waals surface area contributed by atoms with E-state index in [0.717, 1.165) is 34.8 Å². The molecule has 1 saturated heterocycles. The standard InChI is InChI=1S/C33H36N4O5/c1-33(2)19-25-30(27(38)20-33)31(22-10-12-23(41-3)13-11-22)37(26-8-5-4-7-24(26)34-25)21-29(39)35-14-16-36(17-15-35)32(40)28-9-6-18-42-28/h4-13,18,31,34H,14-17,19-21H2,1-3H3. The number of allylic oxidation sites excluding steroid dienone is 1. The van der Waals surface area contributed by atoms with E-state index in [1.165, 1.54) is 6.26 Å². The van der Waals surface area contributed by atoms with E-state index in [1.807, 2.05) is 48.5 Å². The molecular formula is C33H36N4O5. The summed E-state index contributed by atoms with van der Waals surface area (Å²) >= 11 is 0. The molecule has 3 aliphatic rings. The van der Waals surface area contributed by atoms with Crippen LogP contribution in [0.4, 0.5) is 11.4 Å². The molecule has 3 aromatic rings. The van der Waals surface area contributed by atoms with E-state index in [4.69, 9.17) is 9.15 Å². The summed E-state index contributed by atoms with van der Waals surface area (Å²) in [5.74, 6) is 0.888. The maximum atomic E-state index is 13.9. The minimum atomic E-state index is -0.462. The van der Waals surface area contributed by atoms with E-state index < -0.39 is 6.04 Å². The quantitative estimate of drug-likeness (QED) is 0.468. The number of amides is 2. The fourth-order valence-corrected chi connectivity index (χ4v) is 6.32. The summed E-state index contributed by atoms with van der Waals surface area (Å²) in [6.07, 6.45) is 2.64. The van der Waals surface area contributed by atoms with E-state index in [1.54, 1.807) is 29.0 Å². The van der Waals surface area contributed by atoms with Gasteiger partial charge in [0.15, 0.2) is 11.5 Å². The number of nitrogens with zero attached hydrogens (tertiary/aromatic N) is 3. The topological polar surface area (TPSA) is 95.3 Å². The Bertz CT molecular complexity index is 1520. The first-order chi connectivity index (χ1) is 20.2. The van der Waals surface area contributed by atoms with Crippen molar-refractivity contribution in [1.82, 2.24) is 9.80 Å². The summed E-state index contributed by atoms with van der Waals surface area (Å²) in [4.78, 5) is 46.2. The first-order valence-electron chi connectivity index (χ1n) is 14.4. The summed E-state index contributed by atoms with van der Waals surface area (Å²) in [6, 6.07) is 18.5. The van der Waals surface area contributed by atoms with Gasteiger partial charge in [-0.3, -0.25) is 14.4 Å². The van der Waals surface area contributed by atoms with Crippen molar-refractivity contribution >= 4 is 29.0 Å². The highest BCUT2D eigenvalue weighted by Crippen LogP contribution is 2.48. The number of piperazine rings is 1. The molecular weight excluding hydrogens is 532 g/mol. The lowest BCUT2D eigenvalue weighted by atomic mass is 9.73. The van der Waals surface area contributed by atoms with Crippen LogP contribution in [0.5, 0.6) is 5.75 Å². The van der Waals surface area contributed by atoms with E-state index in [0.29, 0.717) is 43.9 Å². The molecule has 2 aliphatic heterocycles. The minimum absolute atomic E-state index is 0.0546. The van der Waals surface area contributed by atoms with Crippen molar-refractivity contribution in [2.75, 3.05) is 50.1 Å². The van der Waals surface area contributed by atoms with E-state index in [-0.39, 0.29) is 29.6 Å². The van der Waals surface area contributed by atoms with Gasteiger partial charge in [-0.05, 0) is 53.8 Å². The third kappa shape index (κ3) is 5.26. The van der Waals surface area contributed by atoms with Gasteiger partial charge in [0, 0.05) is 43.9 Å². The highest BCUT2D eigenvalue weighted by atomic mass is 16.5. The van der Waals surface area contributed by atoms with Crippen LogP contribution in [0.15, 0.2) is 82.6 Å². The summed E-state index contributed by atoms with van der Waals surface area (Å²) in [7, 11) is 1.63. The summed E-state index contributed by atoms with van der Waals surface area (Å²) in [5.41, 5.74) is 4.07. The number of carbonyl (C=O) groups excluding carboxylic acids is 3. The molecule has 6 rings (SSSR count). The number of hydrogen-bond donors (Lipinski definition) is 1. The van der Waals surface area contributed by atoms with Gasteiger partial charge in [0.25, 0.3) is 5.91 Å². The van der Waals surface area contributed by atoms with Crippen LogP contribution >= 0.6 is 0 Å². The molecule has 2 aromatic carbocycles. The second-order valence-corrected chi connectivity index (χ2v) is 11.9. The highest BCUT2D eigenvalue weighted by molar-refractivity contribution is 6.02. The Kier molecular flexibility index (Phi) is 7.26. The van der Waals surface area contributed by atoms with Gasteiger partial charge in [-0.25, -0.2) is 0 Å². The molecule has 218 valence electrons. The predicted octanol–water partition coefficient (Wildman–Crippen LogP) is 4.89. The van der Waals surface area contributed by atoms with Crippen LogP contribution < -0.4 is 15.0 Å². The number of ketones is 1. The lowest BCUT2D eigenvalue weighted by Gasteiger charge is -2.39. The maximum Gasteiger partial charge on any atom is 0.289 e. The van der Waals surface area contributed by atoms with E-state index in [9.17, 15) is 14.4 Å². The molecule has 0 bridgehead atoms. The molecule has 0 spiro atoms. The van der Waals surface area contributed by atoms with E-state index in [2.05, 4.69) is 24.1 Å². The minimum Gasteiger partial charge on any atom is -0.497 e. The molecule has 9 nitrogen and oxygen atoms in total. The van der Waals surface area contributed by atoms with Crippen LogP contribution in [0.25, 0.3) is 0 Å². The van der Waals surface area contributed by atoms with Crippen LogP contribution in [-0.4, -0.2) is 67.2 Å². The average molecular weight is 569 g/mol. The Morgan fingerprint density at radius 2 is 1.67 bits per heavy atom. The molecule has 1 atom stereocenters. The Morgan fingerprint density at radius 3 is 2.36 bits per heavy atom. The maximum absolute atomic E-state index is 13.9. The zero-order valence-electron chi connectivity index (χ0n) is 24.3. The second kappa shape index (κ2) is 11.0. The zero-order valence-corrected chi connectivity index (χ0v) is 24.3. The zero-order chi connectivity index (χ0) is 29.4. The van der Waals surface area contributed by atoms with Crippen LogP contribution in [0, 0.1) is 5.41 Å². The number of nitrogens with one attached hydrogen (secondary N) is 1. The predicted molar refractivity (Wildman–Crippen MR) is 159 cm³/mol. The first-order valence-corrected chi connectivity index (χ1v) is 14.4. The smallest absolute Gasteiger partial charge is 0.289 e. The molecule has 1 fully saturated rings. The number of methoxy groups -OCH3 is 1. The molecule has 2 amide bonds. The van der Waals surface area contributed by atoms with Crippen molar-refractivity contribution in [3.63, 3.8) is 0 Å². The Hall–Kier alpha value is -4.53. The van der Waals surface area contributed by atoms with Crippen molar-refractivity contribution in [2.24, 2.45) is 5.41 Å². The molecule has 1 unspecified atom stereocenters. The number of para-hydroxylation sites is 2. The number of anilines is 2. The summed E-state index contributed by atoms with van der Waals surface area (Å²) in [5, 5.41) is 3.60. The average Bonchev–Trinajstić information content (AvgIpc) is 3.49. The van der Waals surface area contributed by atoms with Gasteiger partial charge < -0.3 is 29.2 Å². The SMILES string of the molecule is COc1ccc(C2C3=C(CC(C)(C)CC3=O)Nc3ccccc3N2CC(=O)N2CCN(C(=O)c3ccco3)CC2)cc1. The summed E-state index contributed by atoms with van der Waals surface area (Å²) in [6.45, 7) is 6.01. The van der Waals surface area contributed by atoms with Crippen molar-refractivity contribution in [2.45, 2.75) is 32.7 Å². The molecule has 1 N–H and O–H groups in total. The van der Waals surface area contributed by atoms with Gasteiger partial charge in [0.05, 0.1) is 37.3 Å². The molecule has 1 aromatic heterocycles. The molecule has 9 heteroatoms. The van der Waals surface area contributed by atoms with Crippen molar-refractivity contribution in [1.29, 1.82) is 0 Å². The summed E-state index contributed by atoms with van der Waals surface area (Å²) < 4.78 is 10.7. The monoisotopic (exact) mass is 568 g/mol. The van der Waals surface area contributed by atoms with Crippen LogP contribution in [-0.2, 0) is 9.59 Å². The van der Waals surface area contributed by atoms with E-state index >= 15 is 0 Å². The number of furan rings is 1. The molecule has 1 aliphatic carbocycles. The number of rotatable bonds is 5. The second-order valence-electron chi connectivity index (χ2n) is 11.9. The number of Topliss-reactive ketones (excluding diaryl/α,β-unsaturated/α-hetero) is 1. The molecule has 3 heterocycles. The number of carbonyl (C=O) groups is 3. The van der Waals surface area contributed by atoms with Gasteiger partial charge in [0.2, 0.25) is 5.91 Å². The van der Waals surface area contributed by atoms with Gasteiger partial charge in [0.1, 0.15) is 5.75 Å². The molecule has 0 saturated carbocycles. The number of ether oxygens (including phenoxy) is 1. The number of hydrogen-bond acceptors (Lipinski definition) is 7. The Labute approximate surface area is 245 Å². The van der Waals surface area contributed by atoms with Gasteiger partial charge in [-0.1, -0.05) is 38.1 Å². The third-order valence-electron chi connectivity index (χ3n) is 8.39. The normalized spacial score (nSPS) is 19.9. The van der Waals surface area contributed by atoms with Crippen molar-refractivity contribution in [3.8, 4) is 5.75 Å². The fourth-order valence-electron chi connectivity index (χ4n) is 6.32. The fraction of sp³-hybridized carbons (Fsp3) is 0.364. The largest absolute Gasteiger partial charge is 0.497 e. The molecule has 0 radical (unpaired) electrons.